The molecular formula is C14H17N3O2S. The Morgan fingerprint density at radius 1 is 1.40 bits per heavy atom. The molecule has 1 N–H and O–H groups in total. The number of thiazole rings is 1. The number of fused-ring (bicyclic) bond motifs is 1. The molecule has 0 radical (unpaired) electrons. The molecule has 0 aromatic carbocycles. The molecular weight excluding hydrogens is 274 g/mol. The van der Waals surface area contributed by atoms with Crippen LogP contribution in [0.5, 0.6) is 0 Å². The lowest BCUT2D eigenvalue weighted by Crippen LogP contribution is -2.14. The van der Waals surface area contributed by atoms with Gasteiger partial charge in [-0.05, 0) is 32.6 Å². The fraction of sp³-hybridized carbons (Fsp3) is 0.500. The molecule has 2 aromatic heterocycles. The summed E-state index contributed by atoms with van der Waals surface area (Å²) in [6.45, 7) is 3.73. The molecule has 0 fully saturated rings. The van der Waals surface area contributed by atoms with Gasteiger partial charge in [0.2, 0.25) is 0 Å². The van der Waals surface area contributed by atoms with Gasteiger partial charge in [0.05, 0.1) is 11.4 Å². The van der Waals surface area contributed by atoms with Crippen LogP contribution in [0.4, 0.5) is 5.13 Å². The van der Waals surface area contributed by atoms with E-state index in [9.17, 15) is 4.79 Å². The lowest BCUT2D eigenvalue weighted by molar-refractivity contribution is 0.102. The Labute approximate surface area is 121 Å². The first-order valence-electron chi connectivity index (χ1n) is 6.94. The van der Waals surface area contributed by atoms with Crippen molar-refractivity contribution in [3.63, 3.8) is 0 Å². The Balaban J connectivity index is 1.82. The van der Waals surface area contributed by atoms with Gasteiger partial charge in [0.15, 0.2) is 5.13 Å². The van der Waals surface area contributed by atoms with E-state index in [1.54, 1.807) is 18.3 Å². The number of amides is 1. The van der Waals surface area contributed by atoms with E-state index in [0.29, 0.717) is 28.6 Å². The number of hydrogen-bond acceptors (Lipinski definition) is 5. The van der Waals surface area contributed by atoms with Crippen LogP contribution in [-0.2, 0) is 19.3 Å². The molecule has 1 aliphatic rings. The van der Waals surface area contributed by atoms with Crippen LogP contribution >= 0.6 is 11.3 Å². The molecule has 0 saturated carbocycles. The molecule has 0 unspecified atom stereocenters. The normalized spacial score (nSPS) is 14.1. The van der Waals surface area contributed by atoms with E-state index in [1.807, 2.05) is 6.92 Å². The van der Waals surface area contributed by atoms with E-state index >= 15 is 0 Å². The van der Waals surface area contributed by atoms with Gasteiger partial charge in [-0.25, -0.2) is 4.98 Å². The molecule has 2 heterocycles. The molecule has 0 aliphatic heterocycles. The van der Waals surface area contributed by atoms with Crippen molar-refractivity contribution in [1.82, 2.24) is 10.1 Å². The minimum absolute atomic E-state index is 0.174. The first-order chi connectivity index (χ1) is 9.69. The van der Waals surface area contributed by atoms with Gasteiger partial charge in [-0.15, -0.1) is 11.3 Å². The smallest absolute Gasteiger partial charge is 0.262 e. The molecule has 1 aliphatic carbocycles. The van der Waals surface area contributed by atoms with Crippen molar-refractivity contribution in [2.75, 3.05) is 5.32 Å². The Morgan fingerprint density at radius 3 is 2.95 bits per heavy atom. The number of carbonyl (C=O) groups is 1. The third-order valence-electron chi connectivity index (χ3n) is 3.55. The predicted molar refractivity (Wildman–Crippen MR) is 77.3 cm³/mol. The van der Waals surface area contributed by atoms with Crippen LogP contribution in [0, 0.1) is 6.92 Å². The van der Waals surface area contributed by atoms with E-state index in [2.05, 4.69) is 15.5 Å². The maximum atomic E-state index is 12.3. The second-order valence-electron chi connectivity index (χ2n) is 4.97. The molecule has 5 nitrogen and oxygen atoms in total. The average molecular weight is 291 g/mol. The Bertz CT molecular complexity index is 621. The predicted octanol–water partition coefficient (Wildman–Crippen LogP) is 3.13. The summed E-state index contributed by atoms with van der Waals surface area (Å²) < 4.78 is 5.16. The van der Waals surface area contributed by atoms with Gasteiger partial charge in [0.25, 0.3) is 5.91 Å². The lowest BCUT2D eigenvalue weighted by Gasteiger charge is -2.06. The van der Waals surface area contributed by atoms with E-state index in [-0.39, 0.29) is 5.91 Å². The summed E-state index contributed by atoms with van der Waals surface area (Å²) in [7, 11) is 0. The van der Waals surface area contributed by atoms with E-state index in [4.69, 9.17) is 4.52 Å². The number of nitrogens with one attached hydrogen (secondary N) is 1. The standard InChI is InChI=1S/C14H17N3O2S/c1-3-10-12(8(2)17-19-10)13(18)16-14-15-9-6-4-5-7-11(9)20-14/h3-7H2,1-2H3,(H,15,16,18). The highest BCUT2D eigenvalue weighted by Crippen LogP contribution is 2.30. The molecule has 1 amide bonds. The number of rotatable bonds is 3. The van der Waals surface area contributed by atoms with Crippen molar-refractivity contribution in [3.8, 4) is 0 Å². The SMILES string of the molecule is CCc1onc(C)c1C(=O)Nc1nc2c(s1)CCCC2. The lowest BCUT2D eigenvalue weighted by atomic mass is 10.0. The van der Waals surface area contributed by atoms with Crippen molar-refractivity contribution >= 4 is 22.4 Å². The maximum absolute atomic E-state index is 12.3. The molecule has 6 heteroatoms. The minimum Gasteiger partial charge on any atom is -0.360 e. The van der Waals surface area contributed by atoms with Gasteiger partial charge in [-0.3, -0.25) is 10.1 Å². The maximum Gasteiger partial charge on any atom is 0.262 e. The molecule has 2 aromatic rings. The van der Waals surface area contributed by atoms with Gasteiger partial charge >= 0.3 is 0 Å². The first kappa shape index (κ1) is 13.3. The van der Waals surface area contributed by atoms with Crippen molar-refractivity contribution in [2.24, 2.45) is 0 Å². The largest absolute Gasteiger partial charge is 0.360 e. The Kier molecular flexibility index (Phi) is 3.56. The van der Waals surface area contributed by atoms with Crippen molar-refractivity contribution in [1.29, 1.82) is 0 Å². The molecule has 106 valence electrons. The van der Waals surface area contributed by atoms with Gasteiger partial charge in [-0.2, -0.15) is 0 Å². The number of aromatic nitrogens is 2. The minimum atomic E-state index is -0.174. The fourth-order valence-electron chi connectivity index (χ4n) is 2.51. The highest BCUT2D eigenvalue weighted by atomic mass is 32.1. The van der Waals surface area contributed by atoms with Crippen molar-refractivity contribution < 1.29 is 9.32 Å². The van der Waals surface area contributed by atoms with E-state index in [1.165, 1.54) is 17.7 Å². The second-order valence-corrected chi connectivity index (χ2v) is 6.05. The number of nitrogens with zero attached hydrogens (tertiary/aromatic N) is 2. The van der Waals surface area contributed by atoms with Crippen LogP contribution in [0.25, 0.3) is 0 Å². The zero-order valence-electron chi connectivity index (χ0n) is 11.7. The zero-order chi connectivity index (χ0) is 14.1. The topological polar surface area (TPSA) is 68.0 Å². The fourth-order valence-corrected chi connectivity index (χ4v) is 3.56. The summed E-state index contributed by atoms with van der Waals surface area (Å²) in [5.74, 6) is 0.452. The second kappa shape index (κ2) is 5.36. The molecule has 0 atom stereocenters. The third kappa shape index (κ3) is 2.35. The third-order valence-corrected chi connectivity index (χ3v) is 4.62. The van der Waals surface area contributed by atoms with E-state index < -0.39 is 0 Å². The monoisotopic (exact) mass is 291 g/mol. The van der Waals surface area contributed by atoms with Crippen molar-refractivity contribution in [2.45, 2.75) is 46.0 Å². The molecule has 0 spiro atoms. The van der Waals surface area contributed by atoms with Crippen LogP contribution in [-0.4, -0.2) is 16.0 Å². The summed E-state index contributed by atoms with van der Waals surface area (Å²) in [5.41, 5.74) is 2.32. The molecule has 0 saturated heterocycles. The first-order valence-corrected chi connectivity index (χ1v) is 7.75. The Hall–Kier alpha value is -1.69. The number of carbonyl (C=O) groups excluding carboxylic acids is 1. The van der Waals surface area contributed by atoms with E-state index in [0.717, 1.165) is 18.5 Å². The van der Waals surface area contributed by atoms with Crippen LogP contribution in [0.3, 0.4) is 0 Å². The summed E-state index contributed by atoms with van der Waals surface area (Å²) in [4.78, 5) is 18.2. The molecule has 3 rings (SSSR count). The quantitative estimate of drug-likeness (QED) is 0.943. The van der Waals surface area contributed by atoms with Crippen LogP contribution < -0.4 is 5.32 Å². The van der Waals surface area contributed by atoms with Gasteiger partial charge in [0, 0.05) is 11.3 Å². The number of hydrogen-bond donors (Lipinski definition) is 1. The highest BCUT2D eigenvalue weighted by Gasteiger charge is 2.21. The molecule has 20 heavy (non-hydrogen) atoms. The summed E-state index contributed by atoms with van der Waals surface area (Å²) in [6.07, 6.45) is 5.16. The summed E-state index contributed by atoms with van der Waals surface area (Å²) in [5, 5.41) is 7.43. The number of aryl methyl sites for hydroxylation is 4. The number of anilines is 1. The summed E-state index contributed by atoms with van der Waals surface area (Å²) in [6, 6.07) is 0. The Morgan fingerprint density at radius 2 is 2.20 bits per heavy atom. The van der Waals surface area contributed by atoms with Crippen molar-refractivity contribution in [3.05, 3.63) is 27.6 Å². The molecule has 0 bridgehead atoms. The zero-order valence-corrected chi connectivity index (χ0v) is 12.5. The highest BCUT2D eigenvalue weighted by molar-refractivity contribution is 7.15. The van der Waals surface area contributed by atoms with Gasteiger partial charge < -0.3 is 4.52 Å². The van der Waals surface area contributed by atoms with Gasteiger partial charge in [0.1, 0.15) is 11.3 Å². The van der Waals surface area contributed by atoms with Crippen LogP contribution in [0.2, 0.25) is 0 Å². The van der Waals surface area contributed by atoms with Crippen LogP contribution in [0.15, 0.2) is 4.52 Å². The van der Waals surface area contributed by atoms with Crippen LogP contribution in [0.1, 0.15) is 52.1 Å². The van der Waals surface area contributed by atoms with Gasteiger partial charge in [-0.1, -0.05) is 12.1 Å². The summed E-state index contributed by atoms with van der Waals surface area (Å²) >= 11 is 1.59. The average Bonchev–Trinajstić information content (AvgIpc) is 3.00.